The first kappa shape index (κ1) is 11.4. The molecular weight excluding hydrogens is 192 g/mol. The Kier molecular flexibility index (Phi) is 4.26. The van der Waals surface area contributed by atoms with Gasteiger partial charge in [-0.3, -0.25) is 0 Å². The summed E-state index contributed by atoms with van der Waals surface area (Å²) in [4.78, 5) is 4.36. The fourth-order valence-electron chi connectivity index (χ4n) is 1.22. The van der Waals surface area contributed by atoms with Gasteiger partial charge in [-0.1, -0.05) is 13.0 Å². The molecule has 0 aliphatic rings. The van der Waals surface area contributed by atoms with E-state index < -0.39 is 0 Å². The second-order valence-electron chi connectivity index (χ2n) is 3.61. The van der Waals surface area contributed by atoms with E-state index in [9.17, 15) is 0 Å². The molecule has 1 N–H and O–H groups in total. The highest BCUT2D eigenvalue weighted by Gasteiger charge is 2.02. The van der Waals surface area contributed by atoms with Crippen molar-refractivity contribution in [3.05, 3.63) is 23.4 Å². The molecule has 0 bridgehead atoms. The molecule has 1 unspecified atom stereocenters. The fraction of sp³-hybridized carbons (Fsp3) is 0.545. The third-order valence-corrected chi connectivity index (χ3v) is 3.15. The average Bonchev–Trinajstić information content (AvgIpc) is 2.16. The summed E-state index contributed by atoms with van der Waals surface area (Å²) in [5.41, 5.74) is 2.43. The molecule has 0 aromatic carbocycles. The number of pyridine rings is 1. The lowest BCUT2D eigenvalue weighted by Gasteiger charge is -2.12. The van der Waals surface area contributed by atoms with Gasteiger partial charge in [0.15, 0.2) is 0 Å². The van der Waals surface area contributed by atoms with E-state index in [0.717, 1.165) is 12.4 Å². The van der Waals surface area contributed by atoms with Crippen LogP contribution in [0.25, 0.3) is 0 Å². The van der Waals surface area contributed by atoms with E-state index in [1.807, 2.05) is 18.0 Å². The first-order valence-corrected chi connectivity index (χ1v) is 6.12. The van der Waals surface area contributed by atoms with Crippen molar-refractivity contribution in [1.82, 2.24) is 4.98 Å². The first-order valence-electron chi connectivity index (χ1n) is 4.83. The minimum Gasteiger partial charge on any atom is -0.369 e. The lowest BCUT2D eigenvalue weighted by atomic mass is 10.2. The van der Waals surface area contributed by atoms with Gasteiger partial charge in [0.25, 0.3) is 0 Å². The molecule has 0 aliphatic heterocycles. The summed E-state index contributed by atoms with van der Waals surface area (Å²) in [5, 5.41) is 3.98. The first-order chi connectivity index (χ1) is 6.63. The summed E-state index contributed by atoms with van der Waals surface area (Å²) >= 11 is 1.86. The molecule has 0 saturated carbocycles. The van der Waals surface area contributed by atoms with Crippen molar-refractivity contribution in [3.8, 4) is 0 Å². The molecule has 1 atom stereocenters. The lowest BCUT2D eigenvalue weighted by Crippen LogP contribution is -2.14. The molecule has 1 aromatic rings. The minimum atomic E-state index is 0.623. The zero-order valence-electron chi connectivity index (χ0n) is 9.29. The van der Waals surface area contributed by atoms with Crippen molar-refractivity contribution in [2.75, 3.05) is 18.1 Å². The lowest BCUT2D eigenvalue weighted by molar-refractivity contribution is 0.986. The highest BCUT2D eigenvalue weighted by atomic mass is 32.2. The molecule has 1 rings (SSSR count). The quantitative estimate of drug-likeness (QED) is 0.827. The van der Waals surface area contributed by atoms with Gasteiger partial charge in [-0.15, -0.1) is 0 Å². The summed E-state index contributed by atoms with van der Waals surface area (Å²) < 4.78 is 0. The van der Waals surface area contributed by atoms with Gasteiger partial charge < -0.3 is 5.32 Å². The molecular formula is C11H18N2S. The van der Waals surface area contributed by atoms with Crippen molar-refractivity contribution >= 4 is 17.6 Å². The number of aromatic nitrogens is 1. The Morgan fingerprint density at radius 1 is 1.50 bits per heavy atom. The molecule has 0 radical (unpaired) electrons. The van der Waals surface area contributed by atoms with Crippen LogP contribution in [0.5, 0.6) is 0 Å². The predicted molar refractivity (Wildman–Crippen MR) is 65.2 cm³/mol. The van der Waals surface area contributed by atoms with Crippen LogP contribution in [-0.4, -0.2) is 23.0 Å². The number of anilines is 1. The Hall–Kier alpha value is -0.700. The summed E-state index contributed by atoms with van der Waals surface area (Å²) in [6.07, 6.45) is 4.03. The Labute approximate surface area is 90.5 Å². The fourth-order valence-corrected chi connectivity index (χ4v) is 1.47. The monoisotopic (exact) mass is 210 g/mol. The number of hydrogen-bond donors (Lipinski definition) is 1. The summed E-state index contributed by atoms with van der Waals surface area (Å²) in [6, 6.07) is 2.15. The maximum absolute atomic E-state index is 4.36. The van der Waals surface area contributed by atoms with E-state index in [1.54, 1.807) is 0 Å². The molecule has 0 saturated heterocycles. The SMILES string of the molecule is CSC(C)CNc1ncc(C)cc1C. The van der Waals surface area contributed by atoms with Crippen LogP contribution in [0.2, 0.25) is 0 Å². The average molecular weight is 210 g/mol. The predicted octanol–water partition coefficient (Wildman–Crippen LogP) is 2.86. The van der Waals surface area contributed by atoms with Gasteiger partial charge in [-0.05, 0) is 31.2 Å². The van der Waals surface area contributed by atoms with Gasteiger partial charge in [0.1, 0.15) is 5.82 Å². The summed E-state index contributed by atoms with van der Waals surface area (Å²) in [6.45, 7) is 7.33. The van der Waals surface area contributed by atoms with Crippen molar-refractivity contribution < 1.29 is 0 Å². The van der Waals surface area contributed by atoms with Crippen molar-refractivity contribution in [2.24, 2.45) is 0 Å². The van der Waals surface area contributed by atoms with Gasteiger partial charge in [0.2, 0.25) is 0 Å². The van der Waals surface area contributed by atoms with Crippen LogP contribution in [0.15, 0.2) is 12.3 Å². The molecule has 1 aromatic heterocycles. The maximum atomic E-state index is 4.36. The van der Waals surface area contributed by atoms with Crippen LogP contribution in [0, 0.1) is 13.8 Å². The Balaban J connectivity index is 2.59. The third kappa shape index (κ3) is 3.22. The maximum Gasteiger partial charge on any atom is 0.128 e. The topological polar surface area (TPSA) is 24.9 Å². The third-order valence-electron chi connectivity index (χ3n) is 2.17. The number of nitrogens with zero attached hydrogens (tertiary/aromatic N) is 1. The number of thioether (sulfide) groups is 1. The number of aryl methyl sites for hydroxylation is 2. The van der Waals surface area contributed by atoms with Gasteiger partial charge >= 0.3 is 0 Å². The smallest absolute Gasteiger partial charge is 0.128 e. The van der Waals surface area contributed by atoms with Crippen molar-refractivity contribution in [3.63, 3.8) is 0 Å². The Morgan fingerprint density at radius 2 is 2.21 bits per heavy atom. The van der Waals surface area contributed by atoms with Crippen molar-refractivity contribution in [2.45, 2.75) is 26.0 Å². The molecule has 0 aliphatic carbocycles. The molecule has 2 nitrogen and oxygen atoms in total. The van der Waals surface area contributed by atoms with Gasteiger partial charge in [0.05, 0.1) is 0 Å². The van der Waals surface area contributed by atoms with Gasteiger partial charge in [0, 0.05) is 18.0 Å². The van der Waals surface area contributed by atoms with Crippen LogP contribution in [-0.2, 0) is 0 Å². The zero-order chi connectivity index (χ0) is 10.6. The molecule has 0 spiro atoms. The Bertz CT molecular complexity index is 299. The zero-order valence-corrected chi connectivity index (χ0v) is 10.1. The molecule has 78 valence electrons. The van der Waals surface area contributed by atoms with E-state index in [4.69, 9.17) is 0 Å². The molecule has 0 amide bonds. The van der Waals surface area contributed by atoms with Crippen LogP contribution in [0.3, 0.4) is 0 Å². The van der Waals surface area contributed by atoms with Crippen LogP contribution < -0.4 is 5.32 Å². The van der Waals surface area contributed by atoms with E-state index in [2.05, 4.69) is 43.4 Å². The normalized spacial score (nSPS) is 12.6. The van der Waals surface area contributed by atoms with Crippen LogP contribution in [0.4, 0.5) is 5.82 Å². The van der Waals surface area contributed by atoms with Gasteiger partial charge in [-0.25, -0.2) is 4.98 Å². The highest BCUT2D eigenvalue weighted by molar-refractivity contribution is 7.99. The molecule has 3 heteroatoms. The highest BCUT2D eigenvalue weighted by Crippen LogP contribution is 2.13. The standard InChI is InChI=1S/C11H18N2S/c1-8-5-9(2)11(12-6-8)13-7-10(3)14-4/h5-6,10H,7H2,1-4H3,(H,12,13). The van der Waals surface area contributed by atoms with Crippen LogP contribution >= 0.6 is 11.8 Å². The van der Waals surface area contributed by atoms with Crippen molar-refractivity contribution in [1.29, 1.82) is 0 Å². The summed E-state index contributed by atoms with van der Waals surface area (Å²) in [7, 11) is 0. The Morgan fingerprint density at radius 3 is 2.79 bits per heavy atom. The number of hydrogen-bond acceptors (Lipinski definition) is 3. The van der Waals surface area contributed by atoms with E-state index in [-0.39, 0.29) is 0 Å². The second kappa shape index (κ2) is 5.25. The van der Waals surface area contributed by atoms with E-state index in [0.29, 0.717) is 5.25 Å². The second-order valence-corrected chi connectivity index (χ2v) is 4.88. The largest absolute Gasteiger partial charge is 0.369 e. The number of nitrogens with one attached hydrogen (secondary N) is 1. The molecule has 1 heterocycles. The van der Waals surface area contributed by atoms with E-state index in [1.165, 1.54) is 11.1 Å². The van der Waals surface area contributed by atoms with Crippen LogP contribution in [0.1, 0.15) is 18.1 Å². The van der Waals surface area contributed by atoms with Gasteiger partial charge in [-0.2, -0.15) is 11.8 Å². The summed E-state index contributed by atoms with van der Waals surface area (Å²) in [5.74, 6) is 1.01. The van der Waals surface area contributed by atoms with E-state index >= 15 is 0 Å². The minimum absolute atomic E-state index is 0.623. The number of rotatable bonds is 4. The molecule has 14 heavy (non-hydrogen) atoms. The molecule has 0 fully saturated rings.